The van der Waals surface area contributed by atoms with Crippen molar-refractivity contribution < 1.29 is 13.3 Å². The molecule has 1 aromatic rings. The lowest BCUT2D eigenvalue weighted by Gasteiger charge is -2.16. The second-order valence-corrected chi connectivity index (χ2v) is 5.48. The quantitative estimate of drug-likeness (QED) is 0.613. The summed E-state index contributed by atoms with van der Waals surface area (Å²) in [5.74, 6) is 0. The summed E-state index contributed by atoms with van der Waals surface area (Å²) < 4.78 is 27.0. The van der Waals surface area contributed by atoms with E-state index in [1.54, 1.807) is 6.26 Å². The molecule has 0 aliphatic carbocycles. The Balaban J connectivity index is 2.72. The average Bonchev–Trinajstić information content (AvgIpc) is 2.27. The van der Waals surface area contributed by atoms with Crippen LogP contribution in [0.5, 0.6) is 0 Å². The molecule has 0 aromatic heterocycles. The van der Waals surface area contributed by atoms with Crippen molar-refractivity contribution in [1.29, 1.82) is 0 Å². The molecular weight excluding hydrogens is 266 g/mol. The van der Waals surface area contributed by atoms with E-state index < -0.39 is 14.9 Å². The Morgan fingerprint density at radius 2 is 2.18 bits per heavy atom. The van der Waals surface area contributed by atoms with Crippen LogP contribution >= 0.6 is 11.8 Å². The normalized spacial score (nSPS) is 16.6. The van der Waals surface area contributed by atoms with Gasteiger partial charge in [-0.2, -0.15) is 8.42 Å². The number of fused-ring (bicyclic) bond motifs is 1. The van der Waals surface area contributed by atoms with Gasteiger partial charge in [0, 0.05) is 6.07 Å². The largest absolute Gasteiger partial charge is 0.327 e. The van der Waals surface area contributed by atoms with E-state index in [0.29, 0.717) is 0 Å². The van der Waals surface area contributed by atoms with Gasteiger partial charge >= 0.3 is 0 Å². The summed E-state index contributed by atoms with van der Waals surface area (Å²) in [5.41, 5.74) is -0.315. The number of anilines is 1. The minimum absolute atomic E-state index is 0.0307. The summed E-state index contributed by atoms with van der Waals surface area (Å²) in [6.07, 6.45) is 1.63. The zero-order chi connectivity index (χ0) is 12.6. The van der Waals surface area contributed by atoms with Crippen LogP contribution in [0.25, 0.3) is 0 Å². The van der Waals surface area contributed by atoms with Gasteiger partial charge in [-0.05, 0) is 12.3 Å². The Kier molecular flexibility index (Phi) is 2.79. The number of nitro groups is 1. The van der Waals surface area contributed by atoms with Crippen LogP contribution in [-0.4, -0.2) is 24.8 Å². The highest BCUT2D eigenvalue weighted by Crippen LogP contribution is 2.36. The Labute approximate surface area is 101 Å². The Hall–Kier alpha value is -1.61. The fraction of sp³-hybridized carbons (Fsp3) is 0.125. The third kappa shape index (κ3) is 1.98. The van der Waals surface area contributed by atoms with Crippen molar-refractivity contribution in [2.75, 3.05) is 11.6 Å². The van der Waals surface area contributed by atoms with E-state index in [-0.39, 0.29) is 21.4 Å². The van der Waals surface area contributed by atoms with Gasteiger partial charge in [0.25, 0.3) is 15.7 Å². The number of nitrogens with zero attached hydrogens (tertiary/aromatic N) is 2. The highest BCUT2D eigenvalue weighted by atomic mass is 32.2. The number of rotatable bonds is 1. The number of sulfonamides is 1. The first kappa shape index (κ1) is 11.9. The van der Waals surface area contributed by atoms with Crippen molar-refractivity contribution in [2.45, 2.75) is 4.90 Å². The zero-order valence-electron chi connectivity index (χ0n) is 8.58. The molecule has 0 unspecified atom stereocenters. The molecular formula is C8H7N3O4S2. The molecule has 1 aliphatic rings. The van der Waals surface area contributed by atoms with Gasteiger partial charge in [-0.1, -0.05) is 17.8 Å². The van der Waals surface area contributed by atoms with Crippen LogP contribution in [0.4, 0.5) is 11.4 Å². The number of hydrogen-bond donors (Lipinski definition) is 1. The van der Waals surface area contributed by atoms with Crippen LogP contribution in [0.1, 0.15) is 0 Å². The van der Waals surface area contributed by atoms with E-state index in [0.717, 1.165) is 11.8 Å². The summed E-state index contributed by atoms with van der Waals surface area (Å²) in [6.45, 7) is 0. The molecule has 90 valence electrons. The van der Waals surface area contributed by atoms with Crippen molar-refractivity contribution >= 4 is 38.3 Å². The lowest BCUT2D eigenvalue weighted by atomic mass is 10.2. The molecule has 17 heavy (non-hydrogen) atoms. The second-order valence-electron chi connectivity index (χ2n) is 3.11. The van der Waals surface area contributed by atoms with Gasteiger partial charge in [0.05, 0.1) is 4.92 Å². The van der Waals surface area contributed by atoms with Crippen LogP contribution in [0.2, 0.25) is 0 Å². The van der Waals surface area contributed by atoms with Crippen molar-refractivity contribution in [2.24, 2.45) is 4.40 Å². The molecule has 0 atom stereocenters. The van der Waals surface area contributed by atoms with E-state index in [9.17, 15) is 18.5 Å². The highest BCUT2D eigenvalue weighted by molar-refractivity contribution is 8.14. The molecule has 1 aliphatic heterocycles. The minimum atomic E-state index is -3.86. The van der Waals surface area contributed by atoms with Gasteiger partial charge in [-0.25, -0.2) is 0 Å². The van der Waals surface area contributed by atoms with Gasteiger partial charge in [-0.15, -0.1) is 4.40 Å². The standard InChI is InChI=1S/C8H7N3O4S2/c1-16-8-9-7-5(11(12)13)3-2-4-6(7)17(14,15)10-8/h2-4H,1H3,(H,9,10). The second kappa shape index (κ2) is 4.00. The molecule has 0 spiro atoms. The van der Waals surface area contributed by atoms with Crippen LogP contribution in [0.15, 0.2) is 27.5 Å². The predicted molar refractivity (Wildman–Crippen MR) is 64.9 cm³/mol. The molecule has 9 heteroatoms. The van der Waals surface area contributed by atoms with E-state index in [1.165, 1.54) is 18.2 Å². The van der Waals surface area contributed by atoms with Crippen LogP contribution in [-0.2, 0) is 10.0 Å². The van der Waals surface area contributed by atoms with Gasteiger partial charge < -0.3 is 5.32 Å². The highest BCUT2D eigenvalue weighted by Gasteiger charge is 2.30. The van der Waals surface area contributed by atoms with E-state index in [2.05, 4.69) is 9.71 Å². The van der Waals surface area contributed by atoms with Crippen LogP contribution in [0, 0.1) is 10.1 Å². The number of hydrogen-bond acceptors (Lipinski definition) is 6. The SMILES string of the molecule is CSC1=NS(=O)(=O)c2cccc([N+](=O)[O-])c2N1. The number of thioether (sulfide) groups is 1. The zero-order valence-corrected chi connectivity index (χ0v) is 10.2. The van der Waals surface area contributed by atoms with Gasteiger partial charge in [0.1, 0.15) is 10.6 Å². The summed E-state index contributed by atoms with van der Waals surface area (Å²) >= 11 is 1.07. The summed E-state index contributed by atoms with van der Waals surface area (Å²) in [6, 6.07) is 3.84. The topological polar surface area (TPSA) is 102 Å². The monoisotopic (exact) mass is 273 g/mol. The molecule has 1 heterocycles. The molecule has 0 saturated heterocycles. The molecule has 1 aromatic carbocycles. The van der Waals surface area contributed by atoms with Crippen LogP contribution < -0.4 is 5.32 Å². The van der Waals surface area contributed by atoms with E-state index in [4.69, 9.17) is 0 Å². The summed E-state index contributed by atoms with van der Waals surface area (Å²) in [4.78, 5) is 9.99. The molecule has 0 fully saturated rings. The van der Waals surface area contributed by atoms with Crippen molar-refractivity contribution in [3.05, 3.63) is 28.3 Å². The summed E-state index contributed by atoms with van der Waals surface area (Å²) in [7, 11) is -3.86. The molecule has 0 radical (unpaired) electrons. The van der Waals surface area contributed by atoms with E-state index in [1.807, 2.05) is 0 Å². The third-order valence-electron chi connectivity index (χ3n) is 2.11. The maximum Gasteiger partial charge on any atom is 0.294 e. The van der Waals surface area contributed by atoms with Crippen molar-refractivity contribution in [3.63, 3.8) is 0 Å². The fourth-order valence-corrected chi connectivity index (χ4v) is 3.21. The van der Waals surface area contributed by atoms with Crippen molar-refractivity contribution in [3.8, 4) is 0 Å². The van der Waals surface area contributed by atoms with Gasteiger partial charge in [0.2, 0.25) is 0 Å². The summed E-state index contributed by atoms with van der Waals surface area (Å²) in [5, 5.41) is 13.6. The first-order chi connectivity index (χ1) is 7.95. The third-order valence-corrected chi connectivity index (χ3v) is 4.12. The number of nitro benzene ring substituents is 1. The van der Waals surface area contributed by atoms with E-state index >= 15 is 0 Å². The van der Waals surface area contributed by atoms with Crippen molar-refractivity contribution in [1.82, 2.24) is 0 Å². The van der Waals surface area contributed by atoms with Gasteiger partial charge in [-0.3, -0.25) is 10.1 Å². The first-order valence-electron chi connectivity index (χ1n) is 4.39. The number of benzene rings is 1. The lowest BCUT2D eigenvalue weighted by molar-refractivity contribution is -0.384. The van der Waals surface area contributed by atoms with Gasteiger partial charge in [0.15, 0.2) is 5.17 Å². The molecule has 0 saturated carbocycles. The Bertz CT molecular complexity index is 624. The fourth-order valence-electron chi connectivity index (χ4n) is 1.39. The molecule has 1 N–H and O–H groups in total. The number of para-hydroxylation sites is 1. The predicted octanol–water partition coefficient (Wildman–Crippen LogP) is 1.43. The molecule has 2 rings (SSSR count). The first-order valence-corrected chi connectivity index (χ1v) is 7.05. The minimum Gasteiger partial charge on any atom is -0.327 e. The molecule has 0 amide bonds. The number of amidine groups is 1. The smallest absolute Gasteiger partial charge is 0.294 e. The maximum atomic E-state index is 11.8. The lowest BCUT2D eigenvalue weighted by Crippen LogP contribution is -2.19. The maximum absolute atomic E-state index is 11.8. The Morgan fingerprint density at radius 1 is 1.47 bits per heavy atom. The number of nitrogens with one attached hydrogen (secondary N) is 1. The average molecular weight is 273 g/mol. The van der Waals surface area contributed by atoms with Crippen LogP contribution in [0.3, 0.4) is 0 Å². The Morgan fingerprint density at radius 3 is 2.76 bits per heavy atom. The molecule has 0 bridgehead atoms. The molecule has 7 nitrogen and oxygen atoms in total.